The van der Waals surface area contributed by atoms with Gasteiger partial charge in [0.25, 0.3) is 0 Å². The Morgan fingerprint density at radius 1 is 1.17 bits per heavy atom. The highest BCUT2D eigenvalue weighted by atomic mass is 35.5. The van der Waals surface area contributed by atoms with Crippen LogP contribution in [-0.2, 0) is 0 Å². The average molecular weight is 360 g/mol. The van der Waals surface area contributed by atoms with Crippen LogP contribution in [0.4, 0.5) is 5.69 Å². The van der Waals surface area contributed by atoms with Crippen molar-refractivity contribution in [2.24, 2.45) is 5.92 Å². The third-order valence-electron chi connectivity index (χ3n) is 4.96. The molecule has 4 rings (SSSR count). The molecule has 3 unspecified atom stereocenters. The van der Waals surface area contributed by atoms with Crippen LogP contribution in [0.25, 0.3) is 0 Å². The van der Waals surface area contributed by atoms with Gasteiger partial charge in [-0.3, -0.25) is 0 Å². The molecule has 24 heavy (non-hydrogen) atoms. The van der Waals surface area contributed by atoms with E-state index in [9.17, 15) is 0 Å². The van der Waals surface area contributed by atoms with Crippen molar-refractivity contribution >= 4 is 28.9 Å². The van der Waals surface area contributed by atoms with Crippen LogP contribution in [0.5, 0.6) is 5.75 Å². The van der Waals surface area contributed by atoms with E-state index in [0.717, 1.165) is 23.4 Å². The van der Waals surface area contributed by atoms with Crippen LogP contribution in [0, 0.1) is 5.92 Å². The molecule has 2 nitrogen and oxygen atoms in total. The van der Waals surface area contributed by atoms with E-state index in [1.807, 2.05) is 25.1 Å². The zero-order chi connectivity index (χ0) is 16.7. The topological polar surface area (TPSA) is 21.3 Å². The third-order valence-corrected chi connectivity index (χ3v) is 5.80. The van der Waals surface area contributed by atoms with Crippen molar-refractivity contribution in [2.45, 2.75) is 25.3 Å². The molecule has 2 aliphatic rings. The smallest absolute Gasteiger partial charge is 0.119 e. The fourth-order valence-electron chi connectivity index (χ4n) is 3.90. The number of fused-ring (bicyclic) bond motifs is 3. The van der Waals surface area contributed by atoms with Crippen LogP contribution in [0.3, 0.4) is 0 Å². The number of ether oxygens (including phenoxy) is 1. The van der Waals surface area contributed by atoms with Crippen LogP contribution >= 0.6 is 23.2 Å². The normalized spacial score (nSPS) is 24.2. The highest BCUT2D eigenvalue weighted by molar-refractivity contribution is 6.42. The van der Waals surface area contributed by atoms with Gasteiger partial charge in [0.2, 0.25) is 0 Å². The monoisotopic (exact) mass is 359 g/mol. The summed E-state index contributed by atoms with van der Waals surface area (Å²) in [5.41, 5.74) is 3.52. The molecule has 0 fully saturated rings. The predicted octanol–water partition coefficient (Wildman–Crippen LogP) is 6.22. The van der Waals surface area contributed by atoms with E-state index < -0.39 is 0 Å². The van der Waals surface area contributed by atoms with Gasteiger partial charge < -0.3 is 10.1 Å². The summed E-state index contributed by atoms with van der Waals surface area (Å²) < 4.78 is 5.68. The third kappa shape index (κ3) is 2.58. The molecule has 1 aliphatic heterocycles. The molecule has 1 N–H and O–H groups in total. The Morgan fingerprint density at radius 3 is 2.88 bits per heavy atom. The number of hydrogen-bond acceptors (Lipinski definition) is 2. The average Bonchev–Trinajstić information content (AvgIpc) is 3.07. The van der Waals surface area contributed by atoms with Crippen LogP contribution < -0.4 is 10.1 Å². The summed E-state index contributed by atoms with van der Waals surface area (Å²) in [7, 11) is 0. The SMILES string of the molecule is CCOc1ccc2c(c1)C1C=CCC1C(c1cccc(Cl)c1Cl)N2. The molecule has 2 aromatic carbocycles. The largest absolute Gasteiger partial charge is 0.494 e. The van der Waals surface area contributed by atoms with E-state index in [4.69, 9.17) is 27.9 Å². The van der Waals surface area contributed by atoms with E-state index in [2.05, 4.69) is 35.7 Å². The van der Waals surface area contributed by atoms with Gasteiger partial charge in [-0.05, 0) is 54.7 Å². The standard InChI is InChI=1S/C20H19Cl2NO/c1-2-24-12-9-10-18-16(11-12)13-5-3-6-14(13)20(23-18)15-7-4-8-17(21)19(15)22/h3-5,7-11,13-14,20,23H,2,6H2,1H3. The van der Waals surface area contributed by atoms with Gasteiger partial charge in [-0.1, -0.05) is 47.5 Å². The Bertz CT molecular complexity index is 802. The summed E-state index contributed by atoms with van der Waals surface area (Å²) in [5.74, 6) is 1.74. The summed E-state index contributed by atoms with van der Waals surface area (Å²) in [6.07, 6.45) is 5.61. The molecule has 0 aromatic heterocycles. The van der Waals surface area contributed by atoms with Gasteiger partial charge in [0.05, 0.1) is 22.7 Å². The predicted molar refractivity (Wildman–Crippen MR) is 100 cm³/mol. The van der Waals surface area contributed by atoms with Gasteiger partial charge in [-0.25, -0.2) is 0 Å². The molecule has 4 heteroatoms. The maximum atomic E-state index is 6.50. The molecule has 0 amide bonds. The molecular weight excluding hydrogens is 341 g/mol. The summed E-state index contributed by atoms with van der Waals surface area (Å²) in [4.78, 5) is 0. The molecule has 0 radical (unpaired) electrons. The van der Waals surface area contributed by atoms with Crippen molar-refractivity contribution in [2.75, 3.05) is 11.9 Å². The van der Waals surface area contributed by atoms with Crippen molar-refractivity contribution in [1.29, 1.82) is 0 Å². The minimum Gasteiger partial charge on any atom is -0.494 e. The number of halogens is 2. The van der Waals surface area contributed by atoms with Gasteiger partial charge in [-0.15, -0.1) is 0 Å². The number of rotatable bonds is 3. The number of anilines is 1. The van der Waals surface area contributed by atoms with Crippen LogP contribution in [0.1, 0.15) is 36.4 Å². The lowest BCUT2D eigenvalue weighted by molar-refractivity contribution is 0.338. The fourth-order valence-corrected chi connectivity index (χ4v) is 4.32. The first-order chi connectivity index (χ1) is 11.7. The number of allylic oxidation sites excluding steroid dienone is 2. The lowest BCUT2D eigenvalue weighted by atomic mass is 9.77. The molecular formula is C20H19Cl2NO. The quantitative estimate of drug-likeness (QED) is 0.656. The first kappa shape index (κ1) is 15.9. The van der Waals surface area contributed by atoms with Crippen LogP contribution in [-0.4, -0.2) is 6.61 Å². The second kappa shape index (κ2) is 6.34. The maximum absolute atomic E-state index is 6.50. The minimum atomic E-state index is 0.154. The second-order valence-corrected chi connectivity index (χ2v) is 7.09. The number of nitrogens with one attached hydrogen (secondary N) is 1. The molecule has 0 bridgehead atoms. The first-order valence-electron chi connectivity index (χ1n) is 8.33. The minimum absolute atomic E-state index is 0.154. The van der Waals surface area contributed by atoms with Gasteiger partial charge in [0, 0.05) is 11.6 Å². The molecule has 0 saturated carbocycles. The Kier molecular flexibility index (Phi) is 4.19. The highest BCUT2D eigenvalue weighted by Crippen LogP contribution is 2.51. The summed E-state index contributed by atoms with van der Waals surface area (Å²) >= 11 is 12.7. The Balaban J connectivity index is 1.77. The lowest BCUT2D eigenvalue weighted by Crippen LogP contribution is -2.29. The van der Waals surface area contributed by atoms with Crippen molar-refractivity contribution in [3.05, 3.63) is 69.7 Å². The van der Waals surface area contributed by atoms with Crippen LogP contribution in [0.15, 0.2) is 48.6 Å². The van der Waals surface area contributed by atoms with Crippen molar-refractivity contribution in [3.63, 3.8) is 0 Å². The van der Waals surface area contributed by atoms with E-state index in [-0.39, 0.29) is 6.04 Å². The van der Waals surface area contributed by atoms with E-state index in [1.54, 1.807) is 0 Å². The van der Waals surface area contributed by atoms with Gasteiger partial charge in [0.15, 0.2) is 0 Å². The number of benzene rings is 2. The zero-order valence-corrected chi connectivity index (χ0v) is 14.9. The van der Waals surface area contributed by atoms with E-state index in [0.29, 0.717) is 28.5 Å². The van der Waals surface area contributed by atoms with Crippen LogP contribution in [0.2, 0.25) is 10.0 Å². The van der Waals surface area contributed by atoms with Gasteiger partial charge >= 0.3 is 0 Å². The Hall–Kier alpha value is -1.64. The zero-order valence-electron chi connectivity index (χ0n) is 13.4. The Labute approximate surface area is 152 Å². The maximum Gasteiger partial charge on any atom is 0.119 e. The molecule has 3 atom stereocenters. The number of hydrogen-bond donors (Lipinski definition) is 1. The van der Waals surface area contributed by atoms with Crippen molar-refractivity contribution < 1.29 is 4.74 Å². The molecule has 124 valence electrons. The highest BCUT2D eigenvalue weighted by Gasteiger charge is 2.38. The molecule has 1 aliphatic carbocycles. The molecule has 0 spiro atoms. The van der Waals surface area contributed by atoms with Gasteiger partial charge in [-0.2, -0.15) is 0 Å². The summed E-state index contributed by atoms with van der Waals surface area (Å²) in [5, 5.41) is 4.94. The fraction of sp³-hybridized carbons (Fsp3) is 0.300. The summed E-state index contributed by atoms with van der Waals surface area (Å²) in [6, 6.07) is 12.3. The second-order valence-electron chi connectivity index (χ2n) is 6.30. The van der Waals surface area contributed by atoms with E-state index >= 15 is 0 Å². The van der Waals surface area contributed by atoms with E-state index in [1.165, 1.54) is 5.56 Å². The lowest BCUT2D eigenvalue weighted by Gasteiger charge is -2.38. The summed E-state index contributed by atoms with van der Waals surface area (Å²) in [6.45, 7) is 2.68. The first-order valence-corrected chi connectivity index (χ1v) is 9.08. The van der Waals surface area contributed by atoms with Crippen molar-refractivity contribution in [1.82, 2.24) is 0 Å². The van der Waals surface area contributed by atoms with Crippen molar-refractivity contribution in [3.8, 4) is 5.75 Å². The molecule has 2 aromatic rings. The van der Waals surface area contributed by atoms with Gasteiger partial charge in [0.1, 0.15) is 5.75 Å². The molecule has 1 heterocycles. The Morgan fingerprint density at radius 2 is 2.04 bits per heavy atom. The molecule has 0 saturated heterocycles.